The van der Waals surface area contributed by atoms with Crippen LogP contribution in [0.3, 0.4) is 0 Å². The summed E-state index contributed by atoms with van der Waals surface area (Å²) in [5, 5.41) is 4.83. The first-order chi connectivity index (χ1) is 10.8. The minimum Gasteiger partial charge on any atom is -0.352 e. The van der Waals surface area contributed by atoms with E-state index in [0.717, 1.165) is 12.1 Å². The van der Waals surface area contributed by atoms with Crippen LogP contribution in [0.5, 0.6) is 0 Å². The van der Waals surface area contributed by atoms with Crippen LogP contribution in [-0.2, 0) is 17.4 Å². The highest BCUT2D eigenvalue weighted by molar-refractivity contribution is 7.13. The first-order valence-corrected chi connectivity index (χ1v) is 7.79. The molecule has 0 aliphatic heterocycles. The lowest BCUT2D eigenvalue weighted by Crippen LogP contribution is -2.38. The second kappa shape index (κ2) is 7.10. The van der Waals surface area contributed by atoms with Crippen LogP contribution in [0.2, 0.25) is 0 Å². The average Bonchev–Trinajstić information content (AvgIpc) is 2.94. The van der Waals surface area contributed by atoms with E-state index in [-0.39, 0.29) is 18.4 Å². The number of rotatable bonds is 5. The van der Waals surface area contributed by atoms with Crippen molar-refractivity contribution in [1.82, 2.24) is 10.3 Å². The van der Waals surface area contributed by atoms with Gasteiger partial charge < -0.3 is 11.1 Å². The highest BCUT2D eigenvalue weighted by Crippen LogP contribution is 2.33. The van der Waals surface area contributed by atoms with Crippen LogP contribution >= 0.6 is 11.3 Å². The number of nitrogens with one attached hydrogen (secondary N) is 1. The molecule has 124 valence electrons. The van der Waals surface area contributed by atoms with Gasteiger partial charge in [0.1, 0.15) is 5.01 Å². The quantitative estimate of drug-likeness (QED) is 0.877. The van der Waals surface area contributed by atoms with Crippen LogP contribution in [-0.4, -0.2) is 23.5 Å². The topological polar surface area (TPSA) is 68.0 Å². The number of alkyl halides is 3. The maximum Gasteiger partial charge on any atom is 0.416 e. The van der Waals surface area contributed by atoms with Crippen LogP contribution in [0.4, 0.5) is 13.2 Å². The Balaban J connectivity index is 2.12. The van der Waals surface area contributed by atoms with Gasteiger partial charge in [0, 0.05) is 23.5 Å². The molecule has 1 aromatic heterocycles. The molecule has 2 rings (SSSR count). The maximum absolute atomic E-state index is 12.7. The Labute approximate surface area is 135 Å². The molecule has 2 aromatic rings. The summed E-state index contributed by atoms with van der Waals surface area (Å²) in [5.41, 5.74) is 5.60. The minimum absolute atomic E-state index is 0.0692. The molecule has 3 N–H and O–H groups in total. The van der Waals surface area contributed by atoms with Gasteiger partial charge in [-0.1, -0.05) is 12.1 Å². The van der Waals surface area contributed by atoms with E-state index in [4.69, 9.17) is 5.73 Å². The number of halogens is 3. The molecule has 8 heteroatoms. The Hall–Kier alpha value is -1.93. The smallest absolute Gasteiger partial charge is 0.352 e. The molecule has 0 aliphatic rings. The summed E-state index contributed by atoms with van der Waals surface area (Å²) in [6, 6.07) is 4.84. The number of carbonyl (C=O) groups excluding carboxylic acids is 1. The van der Waals surface area contributed by atoms with E-state index in [1.807, 2.05) is 0 Å². The standard InChI is InChI=1S/C15H16F3N3OS/c1-9(7-19)20-13(22)6-12-8-23-14(21-12)10-3-2-4-11(5-10)15(16,17)18/h2-5,8-9H,6-7,19H2,1H3,(H,20,22)/t9-/m0/s1. The third kappa shape index (κ3) is 4.77. The molecular weight excluding hydrogens is 327 g/mol. The van der Waals surface area contributed by atoms with Crippen molar-refractivity contribution in [3.05, 3.63) is 40.9 Å². The molecule has 1 aromatic carbocycles. The van der Waals surface area contributed by atoms with Crippen molar-refractivity contribution in [3.63, 3.8) is 0 Å². The van der Waals surface area contributed by atoms with Gasteiger partial charge in [0.05, 0.1) is 17.7 Å². The van der Waals surface area contributed by atoms with Crippen LogP contribution in [0, 0.1) is 0 Å². The van der Waals surface area contributed by atoms with Gasteiger partial charge >= 0.3 is 6.18 Å². The van der Waals surface area contributed by atoms with Crippen molar-refractivity contribution in [2.75, 3.05) is 6.54 Å². The van der Waals surface area contributed by atoms with Crippen molar-refractivity contribution >= 4 is 17.2 Å². The number of aromatic nitrogens is 1. The minimum atomic E-state index is -4.39. The van der Waals surface area contributed by atoms with Crippen LogP contribution in [0.1, 0.15) is 18.2 Å². The SMILES string of the molecule is C[C@@H](CN)NC(=O)Cc1csc(-c2cccc(C(F)(F)F)c2)n1. The number of hydrogen-bond acceptors (Lipinski definition) is 4. The van der Waals surface area contributed by atoms with E-state index in [0.29, 0.717) is 22.8 Å². The predicted octanol–water partition coefficient (Wildman–Crippen LogP) is 2.83. The maximum atomic E-state index is 12.7. The van der Waals surface area contributed by atoms with E-state index in [2.05, 4.69) is 10.3 Å². The van der Waals surface area contributed by atoms with Crippen LogP contribution in [0.15, 0.2) is 29.6 Å². The summed E-state index contributed by atoms with van der Waals surface area (Å²) < 4.78 is 38.2. The first-order valence-electron chi connectivity index (χ1n) is 6.91. The molecule has 1 atom stereocenters. The molecule has 0 saturated heterocycles. The normalized spacial score (nSPS) is 12.9. The zero-order valence-corrected chi connectivity index (χ0v) is 13.2. The summed E-state index contributed by atoms with van der Waals surface area (Å²) in [4.78, 5) is 16.0. The van der Waals surface area contributed by atoms with Crippen LogP contribution < -0.4 is 11.1 Å². The molecular formula is C15H16F3N3OS. The number of nitrogens with two attached hydrogens (primary N) is 1. The third-order valence-corrected chi connectivity index (χ3v) is 4.03. The number of thiazole rings is 1. The average molecular weight is 343 g/mol. The van der Waals surface area contributed by atoms with Gasteiger partial charge in [0.15, 0.2) is 0 Å². The van der Waals surface area contributed by atoms with Crippen molar-refractivity contribution < 1.29 is 18.0 Å². The first kappa shape index (κ1) is 17.4. The van der Waals surface area contributed by atoms with E-state index >= 15 is 0 Å². The van der Waals surface area contributed by atoms with Gasteiger partial charge in [-0.05, 0) is 19.1 Å². The predicted molar refractivity (Wildman–Crippen MR) is 82.9 cm³/mol. The number of benzene rings is 1. The molecule has 0 radical (unpaired) electrons. The van der Waals surface area contributed by atoms with Crippen LogP contribution in [0.25, 0.3) is 10.6 Å². The second-order valence-electron chi connectivity index (χ2n) is 5.10. The molecule has 1 heterocycles. The fourth-order valence-corrected chi connectivity index (χ4v) is 2.72. The molecule has 0 unspecified atom stereocenters. The molecule has 1 amide bonds. The lowest BCUT2D eigenvalue weighted by atomic mass is 10.1. The fourth-order valence-electron chi connectivity index (χ4n) is 1.90. The third-order valence-electron chi connectivity index (χ3n) is 3.09. The van der Waals surface area contributed by atoms with Gasteiger partial charge in [0.2, 0.25) is 5.91 Å². The second-order valence-corrected chi connectivity index (χ2v) is 5.96. The Bertz CT molecular complexity index is 685. The lowest BCUT2D eigenvalue weighted by Gasteiger charge is -2.10. The van der Waals surface area contributed by atoms with Gasteiger partial charge in [0.25, 0.3) is 0 Å². The molecule has 23 heavy (non-hydrogen) atoms. The molecule has 0 bridgehead atoms. The summed E-state index contributed by atoms with van der Waals surface area (Å²) in [5.74, 6) is -0.219. The van der Waals surface area contributed by atoms with Gasteiger partial charge in [-0.25, -0.2) is 4.98 Å². The van der Waals surface area contributed by atoms with Crippen molar-refractivity contribution in [2.45, 2.75) is 25.6 Å². The number of nitrogens with zero attached hydrogens (tertiary/aromatic N) is 1. The van der Waals surface area contributed by atoms with Crippen molar-refractivity contribution in [3.8, 4) is 10.6 Å². The summed E-state index contributed by atoms with van der Waals surface area (Å²) in [6.45, 7) is 2.12. The monoisotopic (exact) mass is 343 g/mol. The molecule has 0 saturated carbocycles. The lowest BCUT2D eigenvalue weighted by molar-refractivity contribution is -0.137. The molecule has 0 spiro atoms. The Morgan fingerprint density at radius 3 is 2.83 bits per heavy atom. The Morgan fingerprint density at radius 2 is 2.17 bits per heavy atom. The summed E-state index contributed by atoms with van der Waals surface area (Å²) >= 11 is 1.21. The van der Waals surface area contributed by atoms with Gasteiger partial charge in [-0.2, -0.15) is 13.2 Å². The zero-order chi connectivity index (χ0) is 17.0. The molecule has 0 fully saturated rings. The zero-order valence-electron chi connectivity index (χ0n) is 12.4. The summed E-state index contributed by atoms with van der Waals surface area (Å²) in [6.07, 6.45) is -4.33. The van der Waals surface area contributed by atoms with E-state index in [1.165, 1.54) is 17.4 Å². The van der Waals surface area contributed by atoms with Gasteiger partial charge in [-0.3, -0.25) is 4.79 Å². The van der Waals surface area contributed by atoms with E-state index in [9.17, 15) is 18.0 Å². The number of amides is 1. The molecule has 0 aliphatic carbocycles. The Morgan fingerprint density at radius 1 is 1.43 bits per heavy atom. The number of carbonyl (C=O) groups is 1. The summed E-state index contributed by atoms with van der Waals surface area (Å²) in [7, 11) is 0. The van der Waals surface area contributed by atoms with E-state index in [1.54, 1.807) is 18.4 Å². The van der Waals surface area contributed by atoms with Crippen molar-refractivity contribution in [1.29, 1.82) is 0 Å². The number of hydrogen-bond donors (Lipinski definition) is 2. The highest BCUT2D eigenvalue weighted by Gasteiger charge is 2.30. The van der Waals surface area contributed by atoms with Gasteiger partial charge in [-0.15, -0.1) is 11.3 Å². The largest absolute Gasteiger partial charge is 0.416 e. The Kier molecular flexibility index (Phi) is 5.38. The highest BCUT2D eigenvalue weighted by atomic mass is 32.1. The fraction of sp³-hybridized carbons (Fsp3) is 0.333. The van der Waals surface area contributed by atoms with Crippen molar-refractivity contribution in [2.24, 2.45) is 5.73 Å². The molecule has 4 nitrogen and oxygen atoms in total. The van der Waals surface area contributed by atoms with E-state index < -0.39 is 11.7 Å².